The molecule has 0 amide bonds. The van der Waals surface area contributed by atoms with Crippen molar-refractivity contribution in [3.8, 4) is 34.5 Å². The van der Waals surface area contributed by atoms with Gasteiger partial charge < -0.3 is 74.2 Å². The third-order valence-corrected chi connectivity index (χ3v) is 28.2. The van der Waals surface area contributed by atoms with E-state index in [1.54, 1.807) is 42.7 Å². The van der Waals surface area contributed by atoms with Crippen LogP contribution in [0.3, 0.4) is 0 Å². The number of thiocarbonyl (C=S) groups is 2. The number of fused-ring (bicyclic) bond motifs is 12. The molecule has 18 nitrogen and oxygen atoms in total. The Bertz CT molecular complexity index is 4140. The van der Waals surface area contributed by atoms with Gasteiger partial charge in [0.1, 0.15) is 8.64 Å². The molecule has 9 aliphatic heterocycles. The summed E-state index contributed by atoms with van der Waals surface area (Å²) >= 11 is 25.0. The van der Waals surface area contributed by atoms with Gasteiger partial charge in [0.2, 0.25) is 0 Å². The molecule has 0 bridgehead atoms. The third-order valence-electron chi connectivity index (χ3n) is 27.3. The minimum atomic E-state index is -0.0462. The SMILES string of the molecule is C.C.C.CC[C@H]1CN2CCc3cc(CO)c(CO)cc3[C@@H]2C[C@@H]1C[C@@H]1c2cc(OC)c(OC)cc2CCN1C(=S)S.CC[C@H]1CN2CCc3cc(CO)c(CO)cc3[C@@H]2C[C@@H]1C[C@@H]1c2cc(OC)c(OC)cc2CCN1C(=S)S.CC[C@H]1CN2CCc3cc(CO)c(CO)cc3[C@@H]2C[C@@H]1C[C@H]1NCCc2cc(OC)c(OC)cc21.[Cs][Cs].[Cs][Cs].[K+].[Na+]. The number of aliphatic hydroxyl groups excluding tert-OH is 6. The maximum absolute atomic E-state index is 9.98. The van der Waals surface area contributed by atoms with Gasteiger partial charge in [0.15, 0.2) is 34.5 Å². The van der Waals surface area contributed by atoms with Crippen LogP contribution in [0.25, 0.3) is 0 Å². The molecule has 7 N–H and O–H groups in total. The van der Waals surface area contributed by atoms with Gasteiger partial charge in [-0.25, -0.2) is 0 Å². The van der Waals surface area contributed by atoms with E-state index in [2.05, 4.69) is 149 Å². The topological polar surface area (TPSA) is 205 Å². The van der Waals surface area contributed by atoms with Crippen LogP contribution in [-0.2, 0) is 78.2 Å². The number of methoxy groups -OCH3 is 6. The zero-order valence-electron chi connectivity index (χ0n) is 72.6. The second kappa shape index (κ2) is 56.1. The first-order valence-electron chi connectivity index (χ1n) is 42.7. The molecule has 120 heavy (non-hydrogen) atoms. The fourth-order valence-corrected chi connectivity index (χ4v) is 22.1. The van der Waals surface area contributed by atoms with Crippen LogP contribution in [0, 0.1) is 35.5 Å². The van der Waals surface area contributed by atoms with E-state index >= 15 is 0 Å². The predicted octanol–water partition coefficient (Wildman–Crippen LogP) is 7.98. The Labute approximate surface area is 912 Å². The number of piperidine rings is 3. The van der Waals surface area contributed by atoms with Crippen LogP contribution >= 0.6 is 49.7 Å². The average Bonchev–Trinajstić information content (AvgIpc) is 0.759. The number of benzene rings is 6. The number of rotatable bonds is 21. The molecule has 9 aliphatic rings. The van der Waals surface area contributed by atoms with E-state index in [0.29, 0.717) is 68.3 Å². The van der Waals surface area contributed by atoms with Crippen molar-refractivity contribution in [1.29, 1.82) is 0 Å². The molecule has 3 saturated heterocycles. The minimum absolute atomic E-state index is 0. The second-order valence-electron chi connectivity index (χ2n) is 32.3. The summed E-state index contributed by atoms with van der Waals surface area (Å²) in [7, 11) is 10.2. The Morgan fingerprint density at radius 2 is 0.633 bits per heavy atom. The molecule has 0 radical (unpaired) electrons. The Morgan fingerprint density at radius 1 is 0.375 bits per heavy atom. The fraction of sp³-hybridized carbons (Fsp3) is 0.587. The van der Waals surface area contributed by atoms with Crippen LogP contribution in [-0.4, -0.2) is 313 Å². The van der Waals surface area contributed by atoms with E-state index < -0.39 is 0 Å². The summed E-state index contributed by atoms with van der Waals surface area (Å²) in [5.74, 6) is 8.17. The molecule has 6 aromatic carbocycles. The Hall–Kier alpha value is 5.04. The van der Waals surface area contributed by atoms with Gasteiger partial charge in [0.25, 0.3) is 0 Å². The summed E-state index contributed by atoms with van der Waals surface area (Å²) in [6.07, 6.45) is 15.7. The van der Waals surface area contributed by atoms with Crippen LogP contribution in [0.15, 0.2) is 72.8 Å². The molecule has 0 saturated carbocycles. The zero-order chi connectivity index (χ0) is 82.5. The van der Waals surface area contributed by atoms with Gasteiger partial charge in [-0.1, -0.05) is 123 Å². The van der Waals surface area contributed by atoms with E-state index in [-0.39, 0.29) is 155 Å². The van der Waals surface area contributed by atoms with Gasteiger partial charge in [-0.2, -0.15) is 0 Å². The normalized spacial score (nSPS) is 23.4. The second-order valence-corrected chi connectivity index (χ2v) is 34.6. The number of nitrogens with zero attached hydrogens (tertiary/aromatic N) is 5. The average molecular weight is 2240 g/mol. The minimum Gasteiger partial charge on any atom is 1.00 e. The number of ether oxygens (including phenoxy) is 6. The molecular formula is C92H132Cs4KN6NaO12S4+2. The van der Waals surface area contributed by atoms with Gasteiger partial charge in [0, 0.05) is 76.5 Å². The van der Waals surface area contributed by atoms with Crippen molar-refractivity contribution in [2.45, 2.75) is 215 Å². The summed E-state index contributed by atoms with van der Waals surface area (Å²) in [6.45, 7) is 15.9. The van der Waals surface area contributed by atoms with Gasteiger partial charge in [-0.15, -0.1) is 25.3 Å². The van der Waals surface area contributed by atoms with E-state index in [4.69, 9.17) is 52.9 Å². The Morgan fingerprint density at radius 3 is 0.917 bits per heavy atom. The summed E-state index contributed by atoms with van der Waals surface area (Å²) in [6, 6.07) is 27.4. The first kappa shape index (κ1) is 114. The first-order valence-corrected chi connectivity index (χ1v) is 148. The molecule has 12 atom stereocenters. The maximum atomic E-state index is 9.98. The van der Waals surface area contributed by atoms with Crippen molar-refractivity contribution >= 4 is 206 Å². The number of hydrogen-bond acceptors (Lipinski definition) is 18. The monoisotopic (exact) mass is 2230 g/mol. The van der Waals surface area contributed by atoms with Crippen LogP contribution in [0.4, 0.5) is 0 Å². The molecular weight excluding hydrogens is 2100 g/mol. The van der Waals surface area contributed by atoms with Gasteiger partial charge in [0.05, 0.1) is 94.4 Å². The summed E-state index contributed by atoms with van der Waals surface area (Å²) in [4.78, 5) is 12.5. The quantitative estimate of drug-likeness (QED) is 0.0190. The van der Waals surface area contributed by atoms with Crippen molar-refractivity contribution in [1.82, 2.24) is 29.8 Å². The van der Waals surface area contributed by atoms with E-state index in [1.165, 1.54) is 73.2 Å². The number of hydrogen-bond donors (Lipinski definition) is 9. The van der Waals surface area contributed by atoms with Gasteiger partial charge in [-0.05, 0) is 256 Å². The molecule has 28 heteroatoms. The van der Waals surface area contributed by atoms with Crippen molar-refractivity contribution in [2.75, 3.05) is 102 Å². The number of nitrogens with one attached hydrogen (secondary N) is 1. The molecule has 3 fully saturated rings. The molecule has 0 aliphatic carbocycles. The van der Waals surface area contributed by atoms with Crippen molar-refractivity contribution < 1.29 is 140 Å². The fourth-order valence-electron chi connectivity index (χ4n) is 21.2. The molecule has 0 spiro atoms. The van der Waals surface area contributed by atoms with E-state index in [1.807, 2.05) is 0 Å². The van der Waals surface area contributed by atoms with Crippen molar-refractivity contribution in [2.24, 2.45) is 35.5 Å². The number of aliphatic hydroxyl groups is 6. The largest absolute Gasteiger partial charge is 1.00 e. The summed E-state index contributed by atoms with van der Waals surface area (Å²) in [5, 5.41) is 63.1. The number of thiol groups is 2. The molecule has 0 aromatic heterocycles. The van der Waals surface area contributed by atoms with Crippen LogP contribution in [0.5, 0.6) is 34.5 Å². The van der Waals surface area contributed by atoms with E-state index in [9.17, 15) is 30.6 Å². The molecule has 0 unspecified atom stereocenters. The molecule has 15 rings (SSSR count). The van der Waals surface area contributed by atoms with Gasteiger partial charge in [-0.3, -0.25) is 14.7 Å². The Balaban J connectivity index is 0.000000268. The summed E-state index contributed by atoms with van der Waals surface area (Å²) in [5.41, 5.74) is 21.0. The van der Waals surface area contributed by atoms with Crippen LogP contribution < -0.4 is 115 Å². The molecule has 9 heterocycles. The third kappa shape index (κ3) is 26.7. The predicted molar refractivity (Wildman–Crippen MR) is 494 cm³/mol. The van der Waals surface area contributed by atoms with Crippen molar-refractivity contribution in [3.63, 3.8) is 0 Å². The summed E-state index contributed by atoms with van der Waals surface area (Å²) < 4.78 is 35.1. The standard InChI is InChI=1S/2C30H40N2O4S2.C29H40N2O4.3CH4.4Cs.K.Na/c2*1-4-18-15-31-7-5-19-9-22(16-33)23(17-34)10-24(19)26(31)11-21(18)12-27-25-14-29(36-3)28(35-2)13-20(25)6-8-32(27)30(37)38;1-4-18-15-31-8-6-20-9-22(16-32)23(17-33)10-25(20)27(31)12-21(18)11-26-24-14-29(35-3)28(34-2)13-19(24)5-7-30-26;;;;;;;;;/h2*9-10,13-14,18,21,26-27,33-34H,4-8,11-12,15-17H2,1-3H3,(H,37,38);9-10,13-14,18,21,26-27,30,32-33H,4-8,11-12,15-17H2,1-3H3;3*1H4;;;;;;/q;;;;;;;;;;2*+1/t2*18-,21+,26-,27+;18-,21-,26+,27-;;;;;;;;;/m000........./s1. The molecule has 630 valence electrons. The Kier molecular flexibility index (Phi) is 53.1. The first-order chi connectivity index (χ1) is 55.9. The van der Waals surface area contributed by atoms with Gasteiger partial charge >= 0.3 is 228 Å². The van der Waals surface area contributed by atoms with Crippen LogP contribution in [0.2, 0.25) is 0 Å². The maximum Gasteiger partial charge on any atom is 1.00 e. The smallest absolute Gasteiger partial charge is 1.00 e. The molecule has 6 aromatic rings. The van der Waals surface area contributed by atoms with Crippen molar-refractivity contribution in [3.05, 3.63) is 173 Å². The van der Waals surface area contributed by atoms with E-state index in [0.717, 1.165) is 364 Å². The van der Waals surface area contributed by atoms with Crippen LogP contribution in [0.1, 0.15) is 237 Å². The zero-order valence-corrected chi connectivity index (χ0v) is 106.